The molecule has 4 rings (SSSR count). The van der Waals surface area contributed by atoms with Crippen LogP contribution in [0.15, 0.2) is 18.2 Å². The van der Waals surface area contributed by atoms with Gasteiger partial charge in [0.2, 0.25) is 0 Å². The summed E-state index contributed by atoms with van der Waals surface area (Å²) in [6.07, 6.45) is 4.80. The van der Waals surface area contributed by atoms with E-state index >= 15 is 0 Å². The fourth-order valence-electron chi connectivity index (χ4n) is 4.28. The number of benzene rings is 1. The van der Waals surface area contributed by atoms with Crippen LogP contribution in [0, 0.1) is 5.92 Å². The van der Waals surface area contributed by atoms with Crippen LogP contribution in [0.4, 0.5) is 9.93 Å². The summed E-state index contributed by atoms with van der Waals surface area (Å²) in [5, 5.41) is 7.55. The van der Waals surface area contributed by atoms with Crippen LogP contribution < -0.4 is 20.1 Å². The van der Waals surface area contributed by atoms with Crippen LogP contribution in [-0.2, 0) is 11.2 Å². The predicted molar refractivity (Wildman–Crippen MR) is 127 cm³/mol. The number of thiazole rings is 1. The van der Waals surface area contributed by atoms with Gasteiger partial charge in [0.25, 0.3) is 0 Å². The molecule has 0 atom stereocenters. The molecule has 1 aromatic heterocycles. The number of anilines is 1. The van der Waals surface area contributed by atoms with Gasteiger partial charge in [-0.05, 0) is 64.5 Å². The van der Waals surface area contributed by atoms with Crippen LogP contribution in [-0.4, -0.2) is 43.0 Å². The number of aromatic nitrogens is 1. The van der Waals surface area contributed by atoms with Gasteiger partial charge in [-0.15, -0.1) is 11.3 Å². The predicted octanol–water partition coefficient (Wildman–Crippen LogP) is 5.25. The van der Waals surface area contributed by atoms with E-state index in [0.717, 1.165) is 60.0 Å². The van der Waals surface area contributed by atoms with E-state index in [0.29, 0.717) is 25.1 Å². The molecule has 0 radical (unpaired) electrons. The number of hydrogen-bond acceptors (Lipinski definition) is 7. The normalized spacial score (nSPS) is 20.2. The second-order valence-corrected chi connectivity index (χ2v) is 10.6. The average Bonchev–Trinajstić information content (AvgIpc) is 3.06. The molecular formula is C24H33N3O4S. The first-order valence-electron chi connectivity index (χ1n) is 11.4. The molecule has 1 aromatic carbocycles. The molecule has 1 amide bonds. The molecule has 2 N–H and O–H groups in total. The largest absolute Gasteiger partial charge is 0.493 e. The lowest BCUT2D eigenvalue weighted by atomic mass is 9.86. The molecule has 2 aliphatic rings. The molecule has 8 heteroatoms. The lowest BCUT2D eigenvalue weighted by Gasteiger charge is -2.29. The zero-order valence-electron chi connectivity index (χ0n) is 19.3. The maximum absolute atomic E-state index is 11.9. The monoisotopic (exact) mass is 459 g/mol. The van der Waals surface area contributed by atoms with Crippen LogP contribution in [0.3, 0.4) is 0 Å². The Morgan fingerprint density at radius 2 is 2.03 bits per heavy atom. The maximum atomic E-state index is 11.9. The van der Waals surface area contributed by atoms with Crippen molar-refractivity contribution in [2.24, 2.45) is 5.92 Å². The van der Waals surface area contributed by atoms with Gasteiger partial charge in [-0.1, -0.05) is 6.07 Å². The first-order chi connectivity index (χ1) is 15.3. The topological polar surface area (TPSA) is 81.7 Å². The second kappa shape index (κ2) is 9.57. The van der Waals surface area contributed by atoms with Crippen molar-refractivity contribution < 1.29 is 19.0 Å². The Kier molecular flexibility index (Phi) is 6.79. The third kappa shape index (κ3) is 5.46. The number of hydrogen-bond donors (Lipinski definition) is 2. The van der Waals surface area contributed by atoms with Gasteiger partial charge in [-0.2, -0.15) is 0 Å². The van der Waals surface area contributed by atoms with Gasteiger partial charge in [-0.3, -0.25) is 0 Å². The van der Waals surface area contributed by atoms with E-state index in [1.165, 1.54) is 4.88 Å². The van der Waals surface area contributed by atoms with Crippen molar-refractivity contribution in [1.82, 2.24) is 10.3 Å². The molecule has 1 aliphatic heterocycles. The molecule has 0 saturated heterocycles. The number of fused-ring (bicyclic) bond motifs is 3. The fraction of sp³-hybridized carbons (Fsp3) is 0.583. The van der Waals surface area contributed by atoms with Crippen LogP contribution in [0.5, 0.6) is 11.5 Å². The minimum absolute atomic E-state index is 0.331. The number of nitrogens with zero attached hydrogens (tertiary/aromatic N) is 1. The van der Waals surface area contributed by atoms with Crippen molar-refractivity contribution in [2.75, 3.05) is 25.6 Å². The van der Waals surface area contributed by atoms with Crippen molar-refractivity contribution in [3.05, 3.63) is 23.1 Å². The summed E-state index contributed by atoms with van der Waals surface area (Å²) in [6, 6.07) is 6.36. The molecule has 0 spiro atoms. The molecule has 2 heterocycles. The first-order valence-corrected chi connectivity index (χ1v) is 12.2. The maximum Gasteiger partial charge on any atom is 0.407 e. The number of nitrogens with one attached hydrogen (secondary N) is 2. The first kappa shape index (κ1) is 22.7. The van der Waals surface area contributed by atoms with E-state index < -0.39 is 5.60 Å². The smallest absolute Gasteiger partial charge is 0.407 e. The molecule has 0 bridgehead atoms. The summed E-state index contributed by atoms with van der Waals surface area (Å²) in [5.74, 6) is 2.02. The third-order valence-corrected chi connectivity index (χ3v) is 6.88. The van der Waals surface area contributed by atoms with E-state index in [-0.39, 0.29) is 6.09 Å². The quantitative estimate of drug-likeness (QED) is 0.636. The Bertz CT molecular complexity index is 945. The van der Waals surface area contributed by atoms with E-state index in [1.54, 1.807) is 18.4 Å². The molecule has 174 valence electrons. The highest BCUT2D eigenvalue weighted by atomic mass is 32.1. The van der Waals surface area contributed by atoms with E-state index in [2.05, 4.69) is 10.6 Å². The Labute approximate surface area is 193 Å². The Morgan fingerprint density at radius 3 is 2.75 bits per heavy atom. The van der Waals surface area contributed by atoms with E-state index in [1.807, 2.05) is 39.0 Å². The minimum atomic E-state index is -0.463. The van der Waals surface area contributed by atoms with Crippen LogP contribution in [0.25, 0.3) is 11.3 Å². The fourth-order valence-corrected chi connectivity index (χ4v) is 5.31. The van der Waals surface area contributed by atoms with Crippen molar-refractivity contribution in [3.63, 3.8) is 0 Å². The number of carbonyl (C=O) groups is 1. The minimum Gasteiger partial charge on any atom is -0.493 e. The highest BCUT2D eigenvalue weighted by Crippen LogP contribution is 2.43. The summed E-state index contributed by atoms with van der Waals surface area (Å²) in [7, 11) is 1.66. The highest BCUT2D eigenvalue weighted by Gasteiger charge is 2.26. The van der Waals surface area contributed by atoms with Gasteiger partial charge in [-0.25, -0.2) is 9.78 Å². The van der Waals surface area contributed by atoms with Gasteiger partial charge < -0.3 is 24.8 Å². The molecule has 1 saturated carbocycles. The molecule has 1 fully saturated rings. The SMILES string of the molecule is COc1cccc2c1OCCc1sc(NC3CCC(CNC(=O)OC(C)(C)C)CC3)nc1-2. The van der Waals surface area contributed by atoms with Gasteiger partial charge in [0, 0.05) is 29.4 Å². The Balaban J connectivity index is 1.33. The number of ether oxygens (including phenoxy) is 3. The van der Waals surface area contributed by atoms with E-state index in [9.17, 15) is 4.79 Å². The lowest BCUT2D eigenvalue weighted by molar-refractivity contribution is 0.0515. The zero-order chi connectivity index (χ0) is 22.7. The molecular weight excluding hydrogens is 426 g/mol. The summed E-state index contributed by atoms with van der Waals surface area (Å²) in [5.41, 5.74) is 1.53. The molecule has 32 heavy (non-hydrogen) atoms. The summed E-state index contributed by atoms with van der Waals surface area (Å²) in [4.78, 5) is 18.1. The average molecular weight is 460 g/mol. The van der Waals surface area contributed by atoms with Crippen LogP contribution in [0.1, 0.15) is 51.3 Å². The standard InChI is InChI=1S/C24H33N3O4S/c1-24(2,3)31-23(28)25-14-15-8-10-16(11-9-15)26-22-27-20-17-6-5-7-18(29-4)21(17)30-13-12-19(20)32-22/h5-7,15-16H,8-14H2,1-4H3,(H,25,28)(H,26,27). The lowest BCUT2D eigenvalue weighted by Crippen LogP contribution is -2.37. The summed E-state index contributed by atoms with van der Waals surface area (Å²) >= 11 is 1.72. The number of methoxy groups -OCH3 is 1. The van der Waals surface area contributed by atoms with Gasteiger partial charge in [0.15, 0.2) is 16.6 Å². The van der Waals surface area contributed by atoms with Crippen molar-refractivity contribution in [2.45, 2.75) is 64.5 Å². The molecule has 2 aromatic rings. The van der Waals surface area contributed by atoms with Crippen LogP contribution >= 0.6 is 11.3 Å². The van der Waals surface area contributed by atoms with Gasteiger partial charge in [0.1, 0.15) is 5.60 Å². The van der Waals surface area contributed by atoms with Crippen molar-refractivity contribution >= 4 is 22.6 Å². The highest BCUT2D eigenvalue weighted by molar-refractivity contribution is 7.16. The van der Waals surface area contributed by atoms with Crippen molar-refractivity contribution in [3.8, 4) is 22.8 Å². The van der Waals surface area contributed by atoms with E-state index in [4.69, 9.17) is 19.2 Å². The molecule has 7 nitrogen and oxygen atoms in total. The number of alkyl carbamates (subject to hydrolysis) is 1. The Hall–Kier alpha value is -2.48. The summed E-state index contributed by atoms with van der Waals surface area (Å²) < 4.78 is 16.8. The second-order valence-electron chi connectivity index (χ2n) is 9.47. The molecule has 0 unspecified atom stereocenters. The number of rotatable bonds is 5. The van der Waals surface area contributed by atoms with Crippen molar-refractivity contribution in [1.29, 1.82) is 0 Å². The molecule has 1 aliphatic carbocycles. The number of carbonyl (C=O) groups excluding carboxylic acids is 1. The third-order valence-electron chi connectivity index (χ3n) is 5.84. The van der Waals surface area contributed by atoms with Gasteiger partial charge in [0.05, 0.1) is 19.4 Å². The van der Waals surface area contributed by atoms with Gasteiger partial charge >= 0.3 is 6.09 Å². The number of para-hydroxylation sites is 1. The Morgan fingerprint density at radius 1 is 1.25 bits per heavy atom. The zero-order valence-corrected chi connectivity index (χ0v) is 20.1. The van der Waals surface area contributed by atoms with Crippen LogP contribution in [0.2, 0.25) is 0 Å². The summed E-state index contributed by atoms with van der Waals surface area (Å²) in [6.45, 7) is 6.93. The number of amides is 1.